The van der Waals surface area contributed by atoms with Crippen molar-refractivity contribution in [1.29, 1.82) is 0 Å². The van der Waals surface area contributed by atoms with Crippen LogP contribution in [0.25, 0.3) is 99.5 Å². The number of furan rings is 1. The van der Waals surface area contributed by atoms with Gasteiger partial charge < -0.3 is 4.42 Å². The summed E-state index contributed by atoms with van der Waals surface area (Å²) in [5, 5.41) is 9.42. The third kappa shape index (κ3) is 5.94. The molecule has 0 atom stereocenters. The van der Waals surface area contributed by atoms with Crippen molar-refractivity contribution in [2.75, 3.05) is 0 Å². The smallest absolute Gasteiger partial charge is 0.164 e. The van der Waals surface area contributed by atoms with Crippen molar-refractivity contribution in [1.82, 2.24) is 15.0 Å². The Hall–Kier alpha value is -7.43. The SMILES string of the molecule is C=C/C=C\C=C/Cc1ccc(-c2nc(-c3ccccc3)nc(-c3cc(-c4ccc5c6ccccc6c6ccccc6c5c4)cc4oc5ccccc5c34)n2)cc1. The summed E-state index contributed by atoms with van der Waals surface area (Å²) in [6.07, 6.45) is 10.7. The highest BCUT2D eigenvalue weighted by Crippen LogP contribution is 2.42. The molecule has 0 saturated heterocycles. The minimum Gasteiger partial charge on any atom is -0.456 e. The van der Waals surface area contributed by atoms with Crippen LogP contribution in [0.5, 0.6) is 0 Å². The molecule has 264 valence electrons. The van der Waals surface area contributed by atoms with Crippen LogP contribution in [0, 0.1) is 0 Å². The van der Waals surface area contributed by atoms with E-state index in [1.165, 1.54) is 37.9 Å². The fourth-order valence-electron chi connectivity index (χ4n) is 7.84. The maximum absolute atomic E-state index is 6.60. The number of para-hydroxylation sites is 1. The van der Waals surface area contributed by atoms with Gasteiger partial charge in [0.15, 0.2) is 17.5 Å². The number of benzene rings is 8. The van der Waals surface area contributed by atoms with Gasteiger partial charge in [-0.05, 0) is 79.7 Å². The topological polar surface area (TPSA) is 51.8 Å². The van der Waals surface area contributed by atoms with Crippen LogP contribution in [0.15, 0.2) is 199 Å². The van der Waals surface area contributed by atoms with Crippen LogP contribution in [-0.2, 0) is 6.42 Å². The van der Waals surface area contributed by atoms with Gasteiger partial charge in [-0.25, -0.2) is 15.0 Å². The van der Waals surface area contributed by atoms with E-state index in [9.17, 15) is 0 Å². The second-order valence-electron chi connectivity index (χ2n) is 14.0. The highest BCUT2D eigenvalue weighted by molar-refractivity contribution is 6.26. The number of aromatic nitrogens is 3. The Balaban J connectivity index is 1.18. The first-order chi connectivity index (χ1) is 27.7. The number of fused-ring (bicyclic) bond motifs is 9. The Bertz CT molecular complexity index is 3140. The molecule has 0 spiro atoms. The van der Waals surface area contributed by atoms with E-state index in [0.29, 0.717) is 17.5 Å². The van der Waals surface area contributed by atoms with Gasteiger partial charge in [-0.1, -0.05) is 170 Å². The molecule has 0 radical (unpaired) electrons. The summed E-state index contributed by atoms with van der Waals surface area (Å²) in [5.41, 5.74) is 7.64. The second-order valence-corrected chi connectivity index (χ2v) is 14.0. The van der Waals surface area contributed by atoms with E-state index in [-0.39, 0.29) is 0 Å². The van der Waals surface area contributed by atoms with Gasteiger partial charge in [-0.15, -0.1) is 0 Å². The average Bonchev–Trinajstić information content (AvgIpc) is 3.65. The Labute approximate surface area is 324 Å². The molecular formula is C52H35N3O. The molecule has 0 amide bonds. The molecule has 56 heavy (non-hydrogen) atoms. The minimum absolute atomic E-state index is 0.588. The summed E-state index contributed by atoms with van der Waals surface area (Å²) >= 11 is 0. The van der Waals surface area contributed by atoms with E-state index in [0.717, 1.165) is 56.2 Å². The molecule has 2 heterocycles. The fourth-order valence-corrected chi connectivity index (χ4v) is 7.84. The predicted molar refractivity (Wildman–Crippen MR) is 234 cm³/mol. The lowest BCUT2D eigenvalue weighted by Gasteiger charge is -2.13. The zero-order chi connectivity index (χ0) is 37.4. The number of hydrogen-bond donors (Lipinski definition) is 0. The van der Waals surface area contributed by atoms with Crippen molar-refractivity contribution in [3.05, 3.63) is 200 Å². The van der Waals surface area contributed by atoms with Gasteiger partial charge in [0, 0.05) is 27.5 Å². The summed E-state index contributed by atoms with van der Waals surface area (Å²) in [6, 6.07) is 55.3. The molecule has 0 bridgehead atoms. The van der Waals surface area contributed by atoms with Crippen LogP contribution in [0.3, 0.4) is 0 Å². The predicted octanol–water partition coefficient (Wildman–Crippen LogP) is 13.7. The first kappa shape index (κ1) is 33.2. The van der Waals surface area contributed by atoms with Crippen LogP contribution in [0.4, 0.5) is 0 Å². The number of allylic oxidation sites excluding steroid dienone is 5. The standard InChI is InChI=1S/C52H35N3O/c1-2-3-4-5-7-16-34-25-27-36(28-26-34)51-53-50(35-17-8-6-9-18-35)54-52(55-51)46-32-38(33-48-49(46)44-23-14-15-24-47(44)56-48)37-29-30-43-41-21-11-10-19-39(41)40-20-12-13-22-42(40)45(43)31-37/h2-15,17-33H,1,16H2/b4-3-,7-5-. The van der Waals surface area contributed by atoms with E-state index in [4.69, 9.17) is 19.4 Å². The van der Waals surface area contributed by atoms with E-state index in [1.54, 1.807) is 6.08 Å². The molecule has 0 aliphatic carbocycles. The summed E-state index contributed by atoms with van der Waals surface area (Å²) < 4.78 is 6.60. The zero-order valence-corrected chi connectivity index (χ0v) is 30.6. The highest BCUT2D eigenvalue weighted by atomic mass is 16.3. The van der Waals surface area contributed by atoms with Crippen molar-refractivity contribution < 1.29 is 4.42 Å². The van der Waals surface area contributed by atoms with E-state index < -0.39 is 0 Å². The second kappa shape index (κ2) is 14.1. The zero-order valence-electron chi connectivity index (χ0n) is 30.6. The number of nitrogens with zero attached hydrogens (tertiary/aromatic N) is 3. The third-order valence-corrected chi connectivity index (χ3v) is 10.5. The van der Waals surface area contributed by atoms with Crippen molar-refractivity contribution in [2.45, 2.75) is 6.42 Å². The van der Waals surface area contributed by atoms with Gasteiger partial charge in [-0.3, -0.25) is 0 Å². The average molecular weight is 718 g/mol. The van der Waals surface area contributed by atoms with Crippen molar-refractivity contribution >= 4 is 54.3 Å². The molecule has 4 heteroatoms. The van der Waals surface area contributed by atoms with Gasteiger partial charge in [0.25, 0.3) is 0 Å². The minimum atomic E-state index is 0.588. The lowest BCUT2D eigenvalue weighted by Crippen LogP contribution is -2.01. The van der Waals surface area contributed by atoms with E-state index in [1.807, 2.05) is 60.7 Å². The van der Waals surface area contributed by atoms with Crippen LogP contribution >= 0.6 is 0 Å². The Morgan fingerprint density at radius 1 is 0.429 bits per heavy atom. The van der Waals surface area contributed by atoms with Crippen LogP contribution in [0.1, 0.15) is 5.56 Å². The molecule has 0 saturated carbocycles. The van der Waals surface area contributed by atoms with Crippen molar-refractivity contribution in [3.8, 4) is 45.3 Å². The monoisotopic (exact) mass is 717 g/mol. The quantitative estimate of drug-likeness (QED) is 0.116. The van der Waals surface area contributed by atoms with Gasteiger partial charge >= 0.3 is 0 Å². The normalized spacial score (nSPS) is 11.9. The molecule has 0 fully saturated rings. The van der Waals surface area contributed by atoms with Crippen molar-refractivity contribution in [2.24, 2.45) is 0 Å². The van der Waals surface area contributed by atoms with Gasteiger partial charge in [-0.2, -0.15) is 0 Å². The molecule has 0 aliphatic heterocycles. The van der Waals surface area contributed by atoms with Crippen LogP contribution < -0.4 is 0 Å². The first-order valence-electron chi connectivity index (χ1n) is 18.9. The lowest BCUT2D eigenvalue weighted by molar-refractivity contribution is 0.669. The van der Waals surface area contributed by atoms with E-state index >= 15 is 0 Å². The van der Waals surface area contributed by atoms with Gasteiger partial charge in [0.2, 0.25) is 0 Å². The molecule has 0 aliphatic rings. The molecule has 2 aromatic heterocycles. The molecule has 0 unspecified atom stereocenters. The van der Waals surface area contributed by atoms with E-state index in [2.05, 4.69) is 128 Å². The molecule has 10 aromatic rings. The molecule has 8 aromatic carbocycles. The van der Waals surface area contributed by atoms with Gasteiger partial charge in [0.1, 0.15) is 11.2 Å². The number of rotatable bonds is 8. The molecule has 10 rings (SSSR count). The first-order valence-corrected chi connectivity index (χ1v) is 18.9. The van der Waals surface area contributed by atoms with Gasteiger partial charge in [0.05, 0.1) is 0 Å². The van der Waals surface area contributed by atoms with Crippen LogP contribution in [0.2, 0.25) is 0 Å². The Morgan fingerprint density at radius 2 is 1.00 bits per heavy atom. The highest BCUT2D eigenvalue weighted by Gasteiger charge is 2.20. The summed E-state index contributed by atoms with van der Waals surface area (Å²) in [6.45, 7) is 3.73. The molecule has 0 N–H and O–H groups in total. The summed E-state index contributed by atoms with van der Waals surface area (Å²) in [7, 11) is 0. The third-order valence-electron chi connectivity index (χ3n) is 10.5. The Kier molecular flexibility index (Phi) is 8.34. The van der Waals surface area contributed by atoms with Crippen LogP contribution in [-0.4, -0.2) is 15.0 Å². The summed E-state index contributed by atoms with van der Waals surface area (Å²) in [4.78, 5) is 15.5. The maximum Gasteiger partial charge on any atom is 0.164 e. The largest absolute Gasteiger partial charge is 0.456 e. The fraction of sp³-hybridized carbons (Fsp3) is 0.0192. The molecule has 4 nitrogen and oxygen atoms in total. The van der Waals surface area contributed by atoms with Crippen molar-refractivity contribution in [3.63, 3.8) is 0 Å². The lowest BCUT2D eigenvalue weighted by atomic mass is 9.91. The molecular weight excluding hydrogens is 683 g/mol. The maximum atomic E-state index is 6.60. The number of hydrogen-bond acceptors (Lipinski definition) is 4. The summed E-state index contributed by atoms with van der Waals surface area (Å²) in [5.74, 6) is 1.81. The Morgan fingerprint density at radius 3 is 1.70 bits per heavy atom.